The molecule has 1 unspecified atom stereocenters. The number of amides is 1. The number of likely N-dealkylation sites (tertiary alicyclic amines) is 1. The molecule has 14 heavy (non-hydrogen) atoms. The van der Waals surface area contributed by atoms with Crippen molar-refractivity contribution in [3.05, 3.63) is 0 Å². The summed E-state index contributed by atoms with van der Waals surface area (Å²) in [5, 5.41) is 0. The molecule has 82 valence electrons. The van der Waals surface area contributed by atoms with E-state index in [1.165, 1.54) is 0 Å². The van der Waals surface area contributed by atoms with Gasteiger partial charge in [-0.15, -0.1) is 0 Å². The fourth-order valence-electron chi connectivity index (χ4n) is 1.56. The first-order valence-electron chi connectivity index (χ1n) is 5.24. The van der Waals surface area contributed by atoms with Gasteiger partial charge in [0, 0.05) is 38.1 Å². The summed E-state index contributed by atoms with van der Waals surface area (Å²) in [6.07, 6.45) is 0.519. The van der Waals surface area contributed by atoms with Gasteiger partial charge in [-0.25, -0.2) is 0 Å². The normalized spacial score (nSPS) is 22.9. The lowest BCUT2D eigenvalue weighted by atomic mass is 10.3. The van der Waals surface area contributed by atoms with Crippen LogP contribution in [0, 0.1) is 0 Å². The molecule has 1 heterocycles. The van der Waals surface area contributed by atoms with Gasteiger partial charge in [-0.05, 0) is 20.9 Å². The lowest BCUT2D eigenvalue weighted by Gasteiger charge is -2.24. The first kappa shape index (κ1) is 11.5. The second kappa shape index (κ2) is 4.75. The minimum atomic E-state index is 0.0480. The van der Waals surface area contributed by atoms with E-state index in [9.17, 15) is 4.79 Å². The summed E-state index contributed by atoms with van der Waals surface area (Å²) in [4.78, 5) is 15.5. The van der Waals surface area contributed by atoms with Crippen molar-refractivity contribution in [1.82, 2.24) is 9.80 Å². The zero-order chi connectivity index (χ0) is 10.7. The third kappa shape index (κ3) is 2.96. The second-order valence-electron chi connectivity index (χ2n) is 4.38. The molecule has 4 nitrogen and oxygen atoms in total. The van der Waals surface area contributed by atoms with Crippen molar-refractivity contribution in [2.24, 2.45) is 5.73 Å². The van der Waals surface area contributed by atoms with Crippen LogP contribution in [-0.4, -0.2) is 54.5 Å². The smallest absolute Gasteiger partial charge is 0.224 e. The summed E-state index contributed by atoms with van der Waals surface area (Å²) < 4.78 is 0. The number of nitrogens with zero attached hydrogens (tertiary/aromatic N) is 2. The predicted octanol–water partition coefficient (Wildman–Crippen LogP) is -0.114. The molecule has 1 aliphatic rings. The monoisotopic (exact) mass is 199 g/mol. The molecule has 4 heteroatoms. The minimum absolute atomic E-state index is 0.0480. The van der Waals surface area contributed by atoms with Crippen molar-refractivity contribution in [3.8, 4) is 0 Å². The molecule has 1 atom stereocenters. The highest BCUT2D eigenvalue weighted by molar-refractivity contribution is 5.79. The molecular weight excluding hydrogens is 178 g/mol. The van der Waals surface area contributed by atoms with E-state index >= 15 is 0 Å². The molecule has 1 amide bonds. The molecule has 1 saturated heterocycles. The van der Waals surface area contributed by atoms with Crippen molar-refractivity contribution < 1.29 is 4.79 Å². The Labute approximate surface area is 86.0 Å². The standard InChI is InChI=1S/C10H21N3O/c1-8(2)12(3)4-5-13-7-9(11)6-10(13)14/h8-9H,4-7,11H2,1-3H3. The fourth-order valence-corrected chi connectivity index (χ4v) is 1.56. The van der Waals surface area contributed by atoms with Crippen LogP contribution in [0.3, 0.4) is 0 Å². The van der Waals surface area contributed by atoms with Gasteiger partial charge in [-0.3, -0.25) is 4.79 Å². The van der Waals surface area contributed by atoms with Gasteiger partial charge in [0.05, 0.1) is 0 Å². The maximum atomic E-state index is 11.4. The van der Waals surface area contributed by atoms with Gasteiger partial charge >= 0.3 is 0 Å². The largest absolute Gasteiger partial charge is 0.340 e. The van der Waals surface area contributed by atoms with Gasteiger partial charge in [-0.1, -0.05) is 0 Å². The third-order valence-electron chi connectivity index (χ3n) is 2.85. The number of hydrogen-bond donors (Lipinski definition) is 1. The second-order valence-corrected chi connectivity index (χ2v) is 4.38. The van der Waals surface area contributed by atoms with Crippen LogP contribution in [0.15, 0.2) is 0 Å². The number of likely N-dealkylation sites (N-methyl/N-ethyl adjacent to an activating group) is 1. The van der Waals surface area contributed by atoms with Gasteiger partial charge < -0.3 is 15.5 Å². The van der Waals surface area contributed by atoms with Gasteiger partial charge in [0.1, 0.15) is 0 Å². The lowest BCUT2D eigenvalue weighted by molar-refractivity contribution is -0.127. The molecule has 0 aromatic carbocycles. The number of hydrogen-bond acceptors (Lipinski definition) is 3. The molecule has 0 saturated carbocycles. The average Bonchev–Trinajstić information content (AvgIpc) is 2.40. The number of carbonyl (C=O) groups is 1. The van der Waals surface area contributed by atoms with Crippen LogP contribution < -0.4 is 5.73 Å². The SMILES string of the molecule is CC(C)N(C)CCN1CC(N)CC1=O. The molecule has 1 rings (SSSR count). The van der Waals surface area contributed by atoms with Gasteiger partial charge in [-0.2, -0.15) is 0 Å². The Kier molecular flexibility index (Phi) is 3.89. The van der Waals surface area contributed by atoms with Crippen LogP contribution in [0.5, 0.6) is 0 Å². The fraction of sp³-hybridized carbons (Fsp3) is 0.900. The van der Waals surface area contributed by atoms with E-state index in [1.807, 2.05) is 4.90 Å². The van der Waals surface area contributed by atoms with E-state index in [0.717, 1.165) is 19.6 Å². The van der Waals surface area contributed by atoms with E-state index in [2.05, 4.69) is 25.8 Å². The van der Waals surface area contributed by atoms with Crippen LogP contribution in [0.1, 0.15) is 20.3 Å². The van der Waals surface area contributed by atoms with Crippen LogP contribution >= 0.6 is 0 Å². The van der Waals surface area contributed by atoms with Crippen LogP contribution in [0.25, 0.3) is 0 Å². The first-order valence-corrected chi connectivity index (χ1v) is 5.24. The predicted molar refractivity (Wildman–Crippen MR) is 56.9 cm³/mol. The Bertz CT molecular complexity index is 206. The highest BCUT2D eigenvalue weighted by Crippen LogP contribution is 2.08. The molecular formula is C10H21N3O. The summed E-state index contributed by atoms with van der Waals surface area (Å²) in [7, 11) is 2.07. The van der Waals surface area contributed by atoms with Crippen molar-refractivity contribution in [2.75, 3.05) is 26.7 Å². The van der Waals surface area contributed by atoms with Gasteiger partial charge in [0.25, 0.3) is 0 Å². The van der Waals surface area contributed by atoms with Gasteiger partial charge in [0.15, 0.2) is 0 Å². The summed E-state index contributed by atoms with van der Waals surface area (Å²) in [6.45, 7) is 6.76. The van der Waals surface area contributed by atoms with Crippen LogP contribution in [-0.2, 0) is 4.79 Å². The summed E-state index contributed by atoms with van der Waals surface area (Å²) >= 11 is 0. The molecule has 1 fully saturated rings. The quantitative estimate of drug-likeness (QED) is 0.687. The Morgan fingerprint density at radius 2 is 2.29 bits per heavy atom. The first-order chi connectivity index (χ1) is 6.50. The van der Waals surface area contributed by atoms with Crippen molar-refractivity contribution in [3.63, 3.8) is 0 Å². The van der Waals surface area contributed by atoms with Crippen molar-refractivity contribution >= 4 is 5.91 Å². The van der Waals surface area contributed by atoms with E-state index in [4.69, 9.17) is 5.73 Å². The summed E-state index contributed by atoms with van der Waals surface area (Å²) in [5.74, 6) is 0.203. The Morgan fingerprint density at radius 1 is 1.64 bits per heavy atom. The zero-order valence-electron chi connectivity index (χ0n) is 9.36. The van der Waals surface area contributed by atoms with Crippen LogP contribution in [0.2, 0.25) is 0 Å². The summed E-state index contributed by atoms with van der Waals surface area (Å²) in [5.41, 5.74) is 5.71. The zero-order valence-corrected chi connectivity index (χ0v) is 9.36. The van der Waals surface area contributed by atoms with Crippen molar-refractivity contribution in [1.29, 1.82) is 0 Å². The highest BCUT2D eigenvalue weighted by atomic mass is 16.2. The maximum Gasteiger partial charge on any atom is 0.224 e. The summed E-state index contributed by atoms with van der Waals surface area (Å²) in [6, 6.07) is 0.577. The molecule has 0 bridgehead atoms. The average molecular weight is 199 g/mol. The lowest BCUT2D eigenvalue weighted by Crippen LogP contribution is -2.37. The highest BCUT2D eigenvalue weighted by Gasteiger charge is 2.26. The number of rotatable bonds is 4. The third-order valence-corrected chi connectivity index (χ3v) is 2.85. The Balaban J connectivity index is 2.28. The number of nitrogens with two attached hydrogens (primary N) is 1. The van der Waals surface area contributed by atoms with E-state index in [-0.39, 0.29) is 11.9 Å². The minimum Gasteiger partial charge on any atom is -0.340 e. The van der Waals surface area contributed by atoms with E-state index < -0.39 is 0 Å². The van der Waals surface area contributed by atoms with Crippen molar-refractivity contribution in [2.45, 2.75) is 32.4 Å². The molecule has 0 spiro atoms. The van der Waals surface area contributed by atoms with E-state index in [1.54, 1.807) is 0 Å². The topological polar surface area (TPSA) is 49.6 Å². The molecule has 0 aliphatic carbocycles. The van der Waals surface area contributed by atoms with Crippen LogP contribution in [0.4, 0.5) is 0 Å². The maximum absolute atomic E-state index is 11.4. The molecule has 0 radical (unpaired) electrons. The Hall–Kier alpha value is -0.610. The van der Waals surface area contributed by atoms with Gasteiger partial charge in [0.2, 0.25) is 5.91 Å². The molecule has 0 aromatic rings. The molecule has 2 N–H and O–H groups in total. The Morgan fingerprint density at radius 3 is 2.71 bits per heavy atom. The van der Waals surface area contributed by atoms with E-state index in [0.29, 0.717) is 12.5 Å². The molecule has 0 aromatic heterocycles. The number of carbonyl (C=O) groups excluding carboxylic acids is 1. The molecule has 1 aliphatic heterocycles.